The van der Waals surface area contributed by atoms with Gasteiger partial charge in [0.25, 0.3) is 0 Å². The molecule has 2 atom stereocenters. The molecular weight excluding hydrogens is 442 g/mol. The summed E-state index contributed by atoms with van der Waals surface area (Å²) in [4.78, 5) is 26.2. The Kier molecular flexibility index (Phi) is 6.93. The second kappa shape index (κ2) is 9.76. The number of ether oxygens (including phenoxy) is 2. The number of carbonyl (C=O) groups is 2. The Morgan fingerprint density at radius 3 is 2.69 bits per heavy atom. The van der Waals surface area contributed by atoms with Crippen LogP contribution in [0, 0.1) is 12.3 Å². The van der Waals surface area contributed by atoms with Crippen molar-refractivity contribution in [3.63, 3.8) is 0 Å². The van der Waals surface area contributed by atoms with Gasteiger partial charge >= 0.3 is 12.1 Å². The zero-order valence-electron chi connectivity index (χ0n) is 21.3. The molecule has 4 rings (SSSR count). The number of hydrogen-bond acceptors (Lipinski definition) is 4. The molecule has 0 unspecified atom stereocenters. The molecule has 186 valence electrons. The number of methoxy groups -OCH3 is 1. The molecule has 0 saturated carbocycles. The number of benzene rings is 2. The number of nitrogens with zero attached hydrogens (tertiary/aromatic N) is 1. The topological polar surface area (TPSA) is 76.1 Å². The quantitative estimate of drug-likeness (QED) is 0.516. The first-order valence-corrected chi connectivity index (χ1v) is 12.2. The third-order valence-electron chi connectivity index (χ3n) is 7.24. The van der Waals surface area contributed by atoms with Gasteiger partial charge in [-0.1, -0.05) is 49.7 Å². The Hall–Kier alpha value is -3.28. The first-order chi connectivity index (χ1) is 16.6. The second-order valence-electron chi connectivity index (χ2n) is 10.6. The molecule has 0 radical (unpaired) electrons. The minimum atomic E-state index is -0.865. The Morgan fingerprint density at radius 1 is 1.23 bits per heavy atom. The Labute approximate surface area is 207 Å². The SMILES string of the molecule is COc1ccc(CC(=O)O)cc1C1=C(CN2C(=O)O[C@H](c3cccc(C)c3)[C@@H]2C)CC(C)(C)CC1. The molecular formula is C29H35NO5. The van der Waals surface area contributed by atoms with Gasteiger partial charge in [-0.2, -0.15) is 0 Å². The molecule has 1 amide bonds. The van der Waals surface area contributed by atoms with Gasteiger partial charge in [0.05, 0.1) is 19.6 Å². The van der Waals surface area contributed by atoms with Crippen LogP contribution >= 0.6 is 0 Å². The maximum absolute atomic E-state index is 13.0. The van der Waals surface area contributed by atoms with Crippen LogP contribution in [0.3, 0.4) is 0 Å². The number of aryl methyl sites for hydroxylation is 1. The number of amides is 1. The molecule has 1 aliphatic heterocycles. The molecule has 2 aliphatic rings. The molecule has 2 aromatic carbocycles. The summed E-state index contributed by atoms with van der Waals surface area (Å²) >= 11 is 0. The highest BCUT2D eigenvalue weighted by Gasteiger charge is 2.41. The van der Waals surface area contributed by atoms with Gasteiger partial charge in [0, 0.05) is 12.1 Å². The van der Waals surface area contributed by atoms with Crippen LogP contribution < -0.4 is 4.74 Å². The van der Waals surface area contributed by atoms with Crippen LogP contribution in [0.1, 0.15) is 68.4 Å². The number of carboxylic acids is 1. The Balaban J connectivity index is 1.71. The van der Waals surface area contributed by atoms with E-state index in [9.17, 15) is 14.7 Å². The number of carboxylic acid groups (broad SMARTS) is 1. The van der Waals surface area contributed by atoms with Crippen molar-refractivity contribution in [2.75, 3.05) is 13.7 Å². The van der Waals surface area contributed by atoms with Crippen LogP contribution in [-0.4, -0.2) is 41.8 Å². The number of carbonyl (C=O) groups excluding carboxylic acids is 1. The van der Waals surface area contributed by atoms with Crippen LogP contribution in [-0.2, 0) is 16.0 Å². The largest absolute Gasteiger partial charge is 0.496 e. The molecule has 6 nitrogen and oxygen atoms in total. The van der Waals surface area contributed by atoms with Crippen LogP contribution in [0.5, 0.6) is 5.75 Å². The minimum Gasteiger partial charge on any atom is -0.496 e. The fraction of sp³-hybridized carbons (Fsp3) is 0.448. The fourth-order valence-corrected chi connectivity index (χ4v) is 5.38. The first-order valence-electron chi connectivity index (χ1n) is 12.2. The van der Waals surface area contributed by atoms with E-state index in [0.29, 0.717) is 6.54 Å². The standard InChI is InChI=1S/C29H35NO5/c1-18-7-6-8-21(13-18)27-19(2)30(28(33)35-27)17-22-16-29(3,4)12-11-23(22)24-14-20(15-26(31)32)9-10-25(24)34-5/h6-10,13-14,19,27H,11-12,15-17H2,1-5H3,(H,31,32)/t19-,27-/m0/s1. The monoisotopic (exact) mass is 477 g/mol. The van der Waals surface area contributed by atoms with Crippen LogP contribution in [0.15, 0.2) is 48.0 Å². The highest BCUT2D eigenvalue weighted by atomic mass is 16.6. The summed E-state index contributed by atoms with van der Waals surface area (Å²) in [5.74, 6) is -0.142. The number of rotatable bonds is 7. The smallest absolute Gasteiger partial charge is 0.411 e. The van der Waals surface area contributed by atoms with E-state index in [2.05, 4.69) is 19.9 Å². The lowest BCUT2D eigenvalue weighted by Crippen LogP contribution is -2.35. The van der Waals surface area contributed by atoms with E-state index in [1.165, 1.54) is 5.57 Å². The highest BCUT2D eigenvalue weighted by molar-refractivity contribution is 5.78. The van der Waals surface area contributed by atoms with Crippen LogP contribution in [0.2, 0.25) is 0 Å². The molecule has 6 heteroatoms. The Bertz CT molecular complexity index is 1170. The summed E-state index contributed by atoms with van der Waals surface area (Å²) in [6, 6.07) is 13.6. The predicted molar refractivity (Wildman–Crippen MR) is 135 cm³/mol. The number of hydrogen-bond donors (Lipinski definition) is 1. The van der Waals surface area contributed by atoms with E-state index < -0.39 is 5.97 Å². The maximum atomic E-state index is 13.0. The molecule has 1 fully saturated rings. The summed E-state index contributed by atoms with van der Waals surface area (Å²) < 4.78 is 11.5. The summed E-state index contributed by atoms with van der Waals surface area (Å²) in [5, 5.41) is 9.30. The molecule has 35 heavy (non-hydrogen) atoms. The zero-order chi connectivity index (χ0) is 25.3. The lowest BCUT2D eigenvalue weighted by atomic mass is 9.72. The lowest BCUT2D eigenvalue weighted by Gasteiger charge is -2.36. The molecule has 1 aliphatic carbocycles. The van der Waals surface area contributed by atoms with Crippen molar-refractivity contribution in [2.24, 2.45) is 5.41 Å². The van der Waals surface area contributed by atoms with E-state index in [1.54, 1.807) is 13.2 Å². The third-order valence-corrected chi connectivity index (χ3v) is 7.24. The van der Waals surface area contributed by atoms with Crippen LogP contribution in [0.25, 0.3) is 5.57 Å². The summed E-state index contributed by atoms with van der Waals surface area (Å²) in [5.41, 5.74) is 6.23. The van der Waals surface area contributed by atoms with Crippen molar-refractivity contribution in [2.45, 2.75) is 65.5 Å². The van der Waals surface area contributed by atoms with E-state index in [-0.39, 0.29) is 30.1 Å². The molecule has 2 aromatic rings. The van der Waals surface area contributed by atoms with Gasteiger partial charge in [-0.3, -0.25) is 9.69 Å². The maximum Gasteiger partial charge on any atom is 0.411 e. The summed E-state index contributed by atoms with van der Waals surface area (Å²) in [6.45, 7) is 9.07. The Morgan fingerprint density at radius 2 is 2.00 bits per heavy atom. The van der Waals surface area contributed by atoms with Crippen molar-refractivity contribution in [3.8, 4) is 5.75 Å². The summed E-state index contributed by atoms with van der Waals surface area (Å²) in [6.07, 6.45) is 2.04. The first kappa shape index (κ1) is 24.8. The molecule has 1 N–H and O–H groups in total. The average Bonchev–Trinajstić information content (AvgIpc) is 3.07. The number of aliphatic carboxylic acids is 1. The van der Waals surface area contributed by atoms with Crippen LogP contribution in [0.4, 0.5) is 4.79 Å². The molecule has 0 spiro atoms. The normalized spacial score (nSPS) is 21.7. The second-order valence-corrected chi connectivity index (χ2v) is 10.6. The van der Waals surface area contributed by atoms with Gasteiger partial charge < -0.3 is 14.6 Å². The molecule has 0 bridgehead atoms. The van der Waals surface area contributed by atoms with Crippen molar-refractivity contribution >= 4 is 17.6 Å². The molecule has 1 heterocycles. The fourth-order valence-electron chi connectivity index (χ4n) is 5.38. The van der Waals surface area contributed by atoms with Gasteiger partial charge in [0.15, 0.2) is 0 Å². The van der Waals surface area contributed by atoms with E-state index >= 15 is 0 Å². The van der Waals surface area contributed by atoms with E-state index in [1.807, 2.05) is 49.1 Å². The molecule has 0 aromatic heterocycles. The number of allylic oxidation sites excluding steroid dienone is 1. The third kappa shape index (κ3) is 5.37. The van der Waals surface area contributed by atoms with E-state index in [4.69, 9.17) is 9.47 Å². The van der Waals surface area contributed by atoms with Gasteiger partial charge in [0.1, 0.15) is 11.9 Å². The number of cyclic esters (lactones) is 1. The van der Waals surface area contributed by atoms with Gasteiger partial charge in [0.2, 0.25) is 0 Å². The van der Waals surface area contributed by atoms with Gasteiger partial charge in [-0.15, -0.1) is 0 Å². The average molecular weight is 478 g/mol. The minimum absolute atomic E-state index is 0.0429. The van der Waals surface area contributed by atoms with Gasteiger partial charge in [-0.25, -0.2) is 4.79 Å². The van der Waals surface area contributed by atoms with Crippen molar-refractivity contribution in [1.82, 2.24) is 4.90 Å². The van der Waals surface area contributed by atoms with Crippen molar-refractivity contribution in [3.05, 3.63) is 70.3 Å². The molecule has 1 saturated heterocycles. The summed E-state index contributed by atoms with van der Waals surface area (Å²) in [7, 11) is 1.63. The highest BCUT2D eigenvalue weighted by Crippen LogP contribution is 2.46. The van der Waals surface area contributed by atoms with E-state index in [0.717, 1.165) is 52.8 Å². The van der Waals surface area contributed by atoms with Gasteiger partial charge in [-0.05, 0) is 72.9 Å². The van der Waals surface area contributed by atoms with Crippen molar-refractivity contribution in [1.29, 1.82) is 0 Å². The predicted octanol–water partition coefficient (Wildman–Crippen LogP) is 6.18. The van der Waals surface area contributed by atoms with Crippen molar-refractivity contribution < 1.29 is 24.2 Å². The lowest BCUT2D eigenvalue weighted by molar-refractivity contribution is -0.136. The zero-order valence-corrected chi connectivity index (χ0v) is 21.3.